The molecular formula is C9H16N2O2S. The average Bonchev–Trinajstić information content (AvgIpc) is 2.28. The van der Waals surface area contributed by atoms with Crippen molar-refractivity contribution >= 4 is 9.84 Å². The fraction of sp³-hybridized carbons (Fsp3) is 0.889. The van der Waals surface area contributed by atoms with Crippen LogP contribution in [-0.4, -0.2) is 44.5 Å². The Morgan fingerprint density at radius 1 is 1.43 bits per heavy atom. The highest BCUT2D eigenvalue weighted by molar-refractivity contribution is 7.91. The highest BCUT2D eigenvalue weighted by atomic mass is 32.2. The first-order valence-corrected chi connectivity index (χ1v) is 6.68. The lowest BCUT2D eigenvalue weighted by Gasteiger charge is -2.19. The zero-order valence-electron chi connectivity index (χ0n) is 8.44. The summed E-state index contributed by atoms with van der Waals surface area (Å²) >= 11 is 0. The van der Waals surface area contributed by atoms with E-state index in [1.807, 2.05) is 6.92 Å². The molecule has 0 amide bonds. The minimum Gasteiger partial charge on any atom is -0.301 e. The summed E-state index contributed by atoms with van der Waals surface area (Å²) in [7, 11) is -2.82. The monoisotopic (exact) mass is 216 g/mol. The minimum absolute atomic E-state index is 0.0178. The highest BCUT2D eigenvalue weighted by Gasteiger charge is 2.19. The second-order valence-electron chi connectivity index (χ2n) is 3.84. The molecule has 0 radical (unpaired) electrons. The number of rotatable bonds is 2. The molecule has 0 spiro atoms. The SMILES string of the molecule is CC(C#N)CN1CCCS(=O)(=O)CC1. The normalized spacial score (nSPS) is 24.9. The van der Waals surface area contributed by atoms with Crippen LogP contribution in [-0.2, 0) is 9.84 Å². The van der Waals surface area contributed by atoms with E-state index in [2.05, 4.69) is 11.0 Å². The number of nitrogens with zero attached hydrogens (tertiary/aromatic N) is 2. The van der Waals surface area contributed by atoms with Crippen LogP contribution in [0.25, 0.3) is 0 Å². The van der Waals surface area contributed by atoms with E-state index in [1.165, 1.54) is 0 Å². The minimum atomic E-state index is -2.82. The molecule has 80 valence electrons. The summed E-state index contributed by atoms with van der Waals surface area (Å²) in [5.74, 6) is 0.520. The zero-order chi connectivity index (χ0) is 10.6. The third-order valence-electron chi connectivity index (χ3n) is 2.40. The summed E-state index contributed by atoms with van der Waals surface area (Å²) in [5.41, 5.74) is 0. The standard InChI is InChI=1S/C9H16N2O2S/c1-9(7-10)8-11-3-2-5-14(12,13)6-4-11/h9H,2-6,8H2,1H3. The maximum absolute atomic E-state index is 11.3. The molecule has 1 rings (SSSR count). The lowest BCUT2D eigenvalue weighted by Crippen LogP contribution is -2.31. The number of hydrogen-bond donors (Lipinski definition) is 0. The average molecular weight is 216 g/mol. The van der Waals surface area contributed by atoms with Crippen LogP contribution in [0.4, 0.5) is 0 Å². The first-order valence-electron chi connectivity index (χ1n) is 4.86. The smallest absolute Gasteiger partial charge is 0.151 e. The van der Waals surface area contributed by atoms with Crippen LogP contribution in [0.3, 0.4) is 0 Å². The fourth-order valence-electron chi connectivity index (χ4n) is 1.60. The molecule has 0 aromatic carbocycles. The van der Waals surface area contributed by atoms with Crippen LogP contribution < -0.4 is 0 Å². The molecule has 0 saturated carbocycles. The maximum atomic E-state index is 11.3. The van der Waals surface area contributed by atoms with E-state index >= 15 is 0 Å². The third-order valence-corrected chi connectivity index (χ3v) is 4.12. The van der Waals surface area contributed by atoms with Gasteiger partial charge >= 0.3 is 0 Å². The predicted molar refractivity (Wildman–Crippen MR) is 54.5 cm³/mol. The molecule has 5 heteroatoms. The van der Waals surface area contributed by atoms with E-state index in [0.29, 0.717) is 25.3 Å². The van der Waals surface area contributed by atoms with Crippen molar-refractivity contribution in [1.29, 1.82) is 5.26 Å². The van der Waals surface area contributed by atoms with Crippen LogP contribution in [0.2, 0.25) is 0 Å². The molecule has 0 bridgehead atoms. The van der Waals surface area contributed by atoms with Gasteiger partial charge in [-0.2, -0.15) is 5.26 Å². The molecule has 0 N–H and O–H groups in total. The second kappa shape index (κ2) is 4.76. The first kappa shape index (κ1) is 11.5. The molecule has 1 saturated heterocycles. The van der Waals surface area contributed by atoms with Gasteiger partial charge in [0.2, 0.25) is 0 Å². The summed E-state index contributed by atoms with van der Waals surface area (Å²) in [4.78, 5) is 2.07. The van der Waals surface area contributed by atoms with Gasteiger partial charge < -0.3 is 4.90 Å². The van der Waals surface area contributed by atoms with Gasteiger partial charge in [-0.1, -0.05) is 0 Å². The van der Waals surface area contributed by atoms with Gasteiger partial charge in [-0.3, -0.25) is 0 Å². The van der Waals surface area contributed by atoms with Crippen LogP contribution in [0.1, 0.15) is 13.3 Å². The van der Waals surface area contributed by atoms with E-state index in [4.69, 9.17) is 5.26 Å². The van der Waals surface area contributed by atoms with Gasteiger partial charge in [0.1, 0.15) is 0 Å². The van der Waals surface area contributed by atoms with Crippen molar-refractivity contribution in [2.45, 2.75) is 13.3 Å². The zero-order valence-corrected chi connectivity index (χ0v) is 9.26. The molecule has 0 aromatic rings. The van der Waals surface area contributed by atoms with Crippen molar-refractivity contribution in [2.75, 3.05) is 31.1 Å². The summed E-state index contributed by atoms with van der Waals surface area (Å²) in [5, 5.41) is 8.64. The fourth-order valence-corrected chi connectivity index (χ4v) is 2.91. The van der Waals surface area contributed by atoms with E-state index in [0.717, 1.165) is 6.54 Å². The molecule has 4 nitrogen and oxygen atoms in total. The van der Waals surface area contributed by atoms with E-state index in [9.17, 15) is 8.42 Å². The third kappa shape index (κ3) is 3.64. The van der Waals surface area contributed by atoms with Gasteiger partial charge in [0, 0.05) is 13.1 Å². The van der Waals surface area contributed by atoms with Crippen LogP contribution >= 0.6 is 0 Å². The molecular weight excluding hydrogens is 200 g/mol. The molecule has 1 heterocycles. The Labute approximate surface area is 85.4 Å². The van der Waals surface area contributed by atoms with Crippen molar-refractivity contribution in [2.24, 2.45) is 5.92 Å². The van der Waals surface area contributed by atoms with Crippen molar-refractivity contribution in [3.05, 3.63) is 0 Å². The Hall–Kier alpha value is -0.600. The van der Waals surface area contributed by atoms with Crippen molar-refractivity contribution in [1.82, 2.24) is 4.90 Å². The van der Waals surface area contributed by atoms with Gasteiger partial charge in [-0.25, -0.2) is 8.42 Å². The predicted octanol–water partition coefficient (Wildman–Crippen LogP) is 0.267. The number of sulfone groups is 1. The Bertz CT molecular complexity index is 318. The van der Waals surface area contributed by atoms with Crippen LogP contribution in [0, 0.1) is 17.2 Å². The van der Waals surface area contributed by atoms with Gasteiger partial charge in [0.05, 0.1) is 23.5 Å². The lowest BCUT2D eigenvalue weighted by atomic mass is 10.2. The summed E-state index contributed by atoms with van der Waals surface area (Å²) in [6.45, 7) is 3.92. The molecule has 1 unspecified atom stereocenters. The Morgan fingerprint density at radius 3 is 2.79 bits per heavy atom. The topological polar surface area (TPSA) is 61.2 Å². The van der Waals surface area contributed by atoms with Crippen molar-refractivity contribution in [3.8, 4) is 6.07 Å². The molecule has 1 fully saturated rings. The lowest BCUT2D eigenvalue weighted by molar-refractivity contribution is 0.275. The highest BCUT2D eigenvalue weighted by Crippen LogP contribution is 2.07. The van der Waals surface area contributed by atoms with Crippen molar-refractivity contribution in [3.63, 3.8) is 0 Å². The van der Waals surface area contributed by atoms with Gasteiger partial charge in [-0.15, -0.1) is 0 Å². The second-order valence-corrected chi connectivity index (χ2v) is 6.14. The molecule has 0 aliphatic carbocycles. The van der Waals surface area contributed by atoms with Gasteiger partial charge in [0.25, 0.3) is 0 Å². The first-order chi connectivity index (χ1) is 6.53. The van der Waals surface area contributed by atoms with Gasteiger partial charge in [-0.05, 0) is 19.9 Å². The quantitative estimate of drug-likeness (QED) is 0.664. The maximum Gasteiger partial charge on any atom is 0.151 e. The van der Waals surface area contributed by atoms with E-state index < -0.39 is 9.84 Å². The summed E-state index contributed by atoms with van der Waals surface area (Å²) < 4.78 is 22.6. The molecule has 14 heavy (non-hydrogen) atoms. The Morgan fingerprint density at radius 2 is 2.14 bits per heavy atom. The summed E-state index contributed by atoms with van der Waals surface area (Å²) in [6, 6.07) is 2.16. The largest absolute Gasteiger partial charge is 0.301 e. The Kier molecular flexibility index (Phi) is 3.90. The van der Waals surface area contributed by atoms with Crippen LogP contribution in [0.5, 0.6) is 0 Å². The molecule has 1 aliphatic rings. The van der Waals surface area contributed by atoms with E-state index in [-0.39, 0.29) is 11.7 Å². The Balaban J connectivity index is 2.47. The molecule has 1 atom stereocenters. The number of nitriles is 1. The summed E-state index contributed by atoms with van der Waals surface area (Å²) in [6.07, 6.45) is 0.695. The van der Waals surface area contributed by atoms with Crippen LogP contribution in [0.15, 0.2) is 0 Å². The molecule has 1 aliphatic heterocycles. The molecule has 0 aromatic heterocycles. The number of hydrogen-bond acceptors (Lipinski definition) is 4. The van der Waals surface area contributed by atoms with Gasteiger partial charge in [0.15, 0.2) is 9.84 Å². The van der Waals surface area contributed by atoms with E-state index in [1.54, 1.807) is 0 Å². The van der Waals surface area contributed by atoms with Crippen molar-refractivity contribution < 1.29 is 8.42 Å².